The SMILES string of the molecule is CCN(CC)C(=O)SCC(CC(=O)CCC(N)C(=O)O)C(=O)NCC(=O)O. The van der Waals surface area contributed by atoms with Gasteiger partial charge in [0.15, 0.2) is 0 Å². The Kier molecular flexibility index (Phi) is 12.1. The molecule has 0 aromatic heterocycles. The number of Topliss-reactive ketones (excluding diaryl/α,β-unsaturated/α-hetero) is 1. The van der Waals surface area contributed by atoms with Crippen LogP contribution in [0.1, 0.15) is 33.1 Å². The highest BCUT2D eigenvalue weighted by molar-refractivity contribution is 8.13. The standard InChI is InChI=1S/C16H27N3O7S/c1-3-19(4-2)16(26)27-9-10(14(23)18-8-13(21)22)7-11(20)5-6-12(17)15(24)25/h10,12H,3-9,17H2,1-2H3,(H,18,23)(H,21,22)(H,24,25). The third-order valence-corrected chi connectivity index (χ3v) is 4.81. The van der Waals surface area contributed by atoms with Gasteiger partial charge in [-0.2, -0.15) is 0 Å². The number of amides is 2. The van der Waals surface area contributed by atoms with Crippen LogP contribution in [0.25, 0.3) is 0 Å². The number of nitrogens with one attached hydrogen (secondary N) is 1. The second-order valence-electron chi connectivity index (χ2n) is 5.78. The monoisotopic (exact) mass is 405 g/mol. The van der Waals surface area contributed by atoms with Gasteiger partial charge in [0, 0.05) is 31.7 Å². The number of hydrogen-bond acceptors (Lipinski definition) is 7. The smallest absolute Gasteiger partial charge is 0.322 e. The maximum absolute atomic E-state index is 12.2. The van der Waals surface area contributed by atoms with Gasteiger partial charge in [0.25, 0.3) is 5.24 Å². The summed E-state index contributed by atoms with van der Waals surface area (Å²) < 4.78 is 0. The molecule has 154 valence electrons. The summed E-state index contributed by atoms with van der Waals surface area (Å²) in [5.74, 6) is -4.36. The average Bonchev–Trinajstić information content (AvgIpc) is 2.61. The van der Waals surface area contributed by atoms with Crippen molar-refractivity contribution in [2.24, 2.45) is 11.7 Å². The molecule has 2 amide bonds. The quantitative estimate of drug-likeness (QED) is 0.333. The van der Waals surface area contributed by atoms with Gasteiger partial charge >= 0.3 is 11.9 Å². The van der Waals surface area contributed by atoms with Gasteiger partial charge < -0.3 is 26.2 Å². The van der Waals surface area contributed by atoms with E-state index >= 15 is 0 Å². The second kappa shape index (κ2) is 13.1. The molecule has 0 saturated carbocycles. The number of carbonyl (C=O) groups is 5. The molecule has 0 heterocycles. The normalized spacial score (nSPS) is 12.7. The van der Waals surface area contributed by atoms with Crippen molar-refractivity contribution in [3.8, 4) is 0 Å². The van der Waals surface area contributed by atoms with Crippen molar-refractivity contribution in [1.29, 1.82) is 0 Å². The molecule has 0 saturated heterocycles. The number of carboxylic acids is 2. The summed E-state index contributed by atoms with van der Waals surface area (Å²) in [5, 5.41) is 19.4. The van der Waals surface area contributed by atoms with Crippen LogP contribution >= 0.6 is 11.8 Å². The Labute approximate surface area is 161 Å². The van der Waals surface area contributed by atoms with Crippen LogP contribution in [0.2, 0.25) is 0 Å². The second-order valence-corrected chi connectivity index (χ2v) is 6.76. The third-order valence-electron chi connectivity index (χ3n) is 3.74. The lowest BCUT2D eigenvalue weighted by molar-refractivity contribution is -0.139. The van der Waals surface area contributed by atoms with Gasteiger partial charge in [-0.25, -0.2) is 0 Å². The average molecular weight is 405 g/mol. The van der Waals surface area contributed by atoms with Crippen LogP contribution in [0.15, 0.2) is 0 Å². The largest absolute Gasteiger partial charge is 0.480 e. The first kappa shape index (κ1) is 24.9. The number of nitrogens with two attached hydrogens (primary N) is 1. The number of rotatable bonds is 13. The van der Waals surface area contributed by atoms with Crippen molar-refractivity contribution in [2.75, 3.05) is 25.4 Å². The summed E-state index contributed by atoms with van der Waals surface area (Å²) in [5.41, 5.74) is 5.35. The van der Waals surface area contributed by atoms with Gasteiger partial charge in [-0.05, 0) is 20.3 Å². The number of aliphatic carboxylic acids is 2. The van der Waals surface area contributed by atoms with E-state index in [1.165, 1.54) is 0 Å². The minimum absolute atomic E-state index is 0.0114. The highest BCUT2D eigenvalue weighted by Crippen LogP contribution is 2.18. The Morgan fingerprint density at radius 3 is 2.19 bits per heavy atom. The summed E-state index contributed by atoms with van der Waals surface area (Å²) in [6.07, 6.45) is -0.412. The molecule has 2 unspecified atom stereocenters. The maximum Gasteiger partial charge on any atom is 0.322 e. The van der Waals surface area contributed by atoms with Gasteiger partial charge in [0.2, 0.25) is 5.91 Å². The molecular weight excluding hydrogens is 378 g/mol. The third kappa shape index (κ3) is 10.6. The van der Waals surface area contributed by atoms with E-state index in [0.29, 0.717) is 13.1 Å². The lowest BCUT2D eigenvalue weighted by Gasteiger charge is -2.20. The molecule has 10 nitrogen and oxygen atoms in total. The Bertz CT molecular complexity index is 552. The van der Waals surface area contributed by atoms with Crippen LogP contribution in [0.5, 0.6) is 0 Å². The van der Waals surface area contributed by atoms with Crippen molar-refractivity contribution in [2.45, 2.75) is 39.2 Å². The van der Waals surface area contributed by atoms with Crippen molar-refractivity contribution in [3.63, 3.8) is 0 Å². The van der Waals surface area contributed by atoms with E-state index in [-0.39, 0.29) is 36.0 Å². The number of carboxylic acid groups (broad SMARTS) is 2. The molecule has 0 aromatic carbocycles. The van der Waals surface area contributed by atoms with Gasteiger partial charge in [-0.15, -0.1) is 0 Å². The van der Waals surface area contributed by atoms with Crippen LogP contribution in [-0.2, 0) is 19.2 Å². The maximum atomic E-state index is 12.2. The van der Waals surface area contributed by atoms with Gasteiger partial charge in [0.05, 0.1) is 5.92 Å². The molecule has 0 aliphatic carbocycles. The van der Waals surface area contributed by atoms with E-state index in [1.54, 1.807) is 4.90 Å². The highest BCUT2D eigenvalue weighted by Gasteiger charge is 2.25. The molecule has 0 aliphatic rings. The molecule has 27 heavy (non-hydrogen) atoms. The molecule has 2 atom stereocenters. The zero-order valence-corrected chi connectivity index (χ0v) is 16.3. The highest BCUT2D eigenvalue weighted by atomic mass is 32.2. The van der Waals surface area contributed by atoms with Crippen LogP contribution in [0, 0.1) is 5.92 Å². The zero-order valence-electron chi connectivity index (χ0n) is 15.5. The number of thioether (sulfide) groups is 1. The number of ketones is 1. The summed E-state index contributed by atoms with van der Waals surface area (Å²) in [7, 11) is 0. The molecule has 0 aliphatic heterocycles. The van der Waals surface area contributed by atoms with Crippen molar-refractivity contribution in [3.05, 3.63) is 0 Å². The fourth-order valence-electron chi connectivity index (χ4n) is 2.10. The predicted molar refractivity (Wildman–Crippen MR) is 99.4 cm³/mol. The molecule has 0 spiro atoms. The van der Waals surface area contributed by atoms with Gasteiger partial charge in [-0.3, -0.25) is 24.0 Å². The summed E-state index contributed by atoms with van der Waals surface area (Å²) in [4.78, 5) is 59.2. The first-order valence-electron chi connectivity index (χ1n) is 8.53. The molecule has 0 radical (unpaired) electrons. The fraction of sp³-hybridized carbons (Fsp3) is 0.688. The summed E-state index contributed by atoms with van der Waals surface area (Å²) in [6, 6.07) is -1.17. The van der Waals surface area contributed by atoms with Gasteiger partial charge in [-0.1, -0.05) is 11.8 Å². The number of nitrogens with zero attached hydrogens (tertiary/aromatic N) is 1. The molecule has 11 heteroatoms. The summed E-state index contributed by atoms with van der Waals surface area (Å²) >= 11 is 0.883. The number of hydrogen-bond donors (Lipinski definition) is 4. The predicted octanol–water partition coefficient (Wildman–Crippen LogP) is 0.150. The molecule has 5 N–H and O–H groups in total. The first-order chi connectivity index (χ1) is 12.6. The zero-order chi connectivity index (χ0) is 21.0. The Hall–Kier alpha value is -2.14. The van der Waals surface area contributed by atoms with Crippen LogP contribution < -0.4 is 11.1 Å². The van der Waals surface area contributed by atoms with Crippen molar-refractivity contribution < 1.29 is 34.2 Å². The van der Waals surface area contributed by atoms with Crippen LogP contribution in [0.4, 0.5) is 4.79 Å². The lowest BCUT2D eigenvalue weighted by atomic mass is 9.99. The van der Waals surface area contributed by atoms with Crippen molar-refractivity contribution in [1.82, 2.24) is 10.2 Å². The van der Waals surface area contributed by atoms with Crippen LogP contribution in [0.3, 0.4) is 0 Å². The lowest BCUT2D eigenvalue weighted by Crippen LogP contribution is -2.37. The molecule has 0 fully saturated rings. The molecule has 0 aromatic rings. The summed E-state index contributed by atoms with van der Waals surface area (Å²) in [6.45, 7) is 4.04. The van der Waals surface area contributed by atoms with E-state index in [1.807, 2.05) is 13.8 Å². The fourth-order valence-corrected chi connectivity index (χ4v) is 3.15. The Morgan fingerprint density at radius 2 is 1.70 bits per heavy atom. The molecule has 0 bridgehead atoms. The minimum Gasteiger partial charge on any atom is -0.480 e. The van der Waals surface area contributed by atoms with E-state index in [0.717, 1.165) is 11.8 Å². The van der Waals surface area contributed by atoms with E-state index in [2.05, 4.69) is 5.32 Å². The number of carbonyl (C=O) groups excluding carboxylic acids is 3. The van der Waals surface area contributed by atoms with Crippen LogP contribution in [-0.4, -0.2) is 75.4 Å². The Balaban J connectivity index is 4.84. The molecule has 0 rings (SSSR count). The molecular formula is C16H27N3O7S. The van der Waals surface area contributed by atoms with Crippen molar-refractivity contribution >= 4 is 40.6 Å². The van der Waals surface area contributed by atoms with Gasteiger partial charge in [0.1, 0.15) is 18.4 Å². The van der Waals surface area contributed by atoms with E-state index < -0.39 is 36.4 Å². The topological polar surface area (TPSA) is 167 Å². The minimum atomic E-state index is -1.23. The Morgan fingerprint density at radius 1 is 1.11 bits per heavy atom. The van der Waals surface area contributed by atoms with E-state index in [9.17, 15) is 24.0 Å². The first-order valence-corrected chi connectivity index (χ1v) is 9.52. The van der Waals surface area contributed by atoms with E-state index in [4.69, 9.17) is 15.9 Å².